The maximum Gasteiger partial charge on any atom is 0.276 e. The zero-order valence-corrected chi connectivity index (χ0v) is 17.0. The van der Waals surface area contributed by atoms with E-state index in [2.05, 4.69) is 21.1 Å². The molecular weight excluding hydrogens is 450 g/mol. The normalized spacial score (nSPS) is 15.7. The molecule has 0 aliphatic carbocycles. The van der Waals surface area contributed by atoms with Gasteiger partial charge in [-0.05, 0) is 30.3 Å². The van der Waals surface area contributed by atoms with Crippen LogP contribution in [0.25, 0.3) is 11.5 Å². The summed E-state index contributed by atoms with van der Waals surface area (Å²) in [5.41, 5.74) is 0.162. The van der Waals surface area contributed by atoms with Crippen LogP contribution in [-0.4, -0.2) is 54.9 Å². The minimum Gasteiger partial charge on any atom is -0.461 e. The number of sulfonamides is 1. The second kappa shape index (κ2) is 7.53. The van der Waals surface area contributed by atoms with Crippen LogP contribution in [0.4, 0.5) is 0 Å². The van der Waals surface area contributed by atoms with Gasteiger partial charge in [0.05, 0.1) is 11.2 Å². The standard InChI is InChI=1S/C18H16BrN3O5S/c19-13-3-1-4-14(11-13)28(24,25)22-8-6-21(7-9-22)18(23)15-12-17(27-20-15)16-5-2-10-26-16/h1-5,10-12H,6-9H2. The molecule has 10 heteroatoms. The molecule has 1 aliphatic heterocycles. The maximum atomic E-state index is 12.8. The van der Waals surface area contributed by atoms with E-state index in [0.717, 1.165) is 0 Å². The molecule has 1 aromatic carbocycles. The van der Waals surface area contributed by atoms with E-state index in [9.17, 15) is 13.2 Å². The van der Waals surface area contributed by atoms with Crippen LogP contribution in [0.1, 0.15) is 10.5 Å². The quantitative estimate of drug-likeness (QED) is 0.587. The Kier molecular flexibility index (Phi) is 5.09. The van der Waals surface area contributed by atoms with Crippen LogP contribution in [0.5, 0.6) is 0 Å². The van der Waals surface area contributed by atoms with E-state index in [1.54, 1.807) is 41.3 Å². The lowest BCUT2D eigenvalue weighted by Gasteiger charge is -2.33. The van der Waals surface area contributed by atoms with Gasteiger partial charge in [-0.3, -0.25) is 4.79 Å². The molecule has 0 bridgehead atoms. The Morgan fingerprint density at radius 2 is 1.82 bits per heavy atom. The number of hydrogen-bond acceptors (Lipinski definition) is 6. The summed E-state index contributed by atoms with van der Waals surface area (Å²) in [4.78, 5) is 14.4. The Labute approximate surface area is 169 Å². The minimum atomic E-state index is -3.60. The number of benzene rings is 1. The van der Waals surface area contributed by atoms with Crippen molar-refractivity contribution in [3.63, 3.8) is 0 Å². The van der Waals surface area contributed by atoms with Crippen LogP contribution in [0.3, 0.4) is 0 Å². The monoisotopic (exact) mass is 465 g/mol. The van der Waals surface area contributed by atoms with Crippen LogP contribution in [0.15, 0.2) is 67.0 Å². The van der Waals surface area contributed by atoms with E-state index < -0.39 is 10.0 Å². The maximum absolute atomic E-state index is 12.8. The third-order valence-corrected chi connectivity index (χ3v) is 6.84. The molecule has 0 saturated carbocycles. The second-order valence-corrected chi connectivity index (χ2v) is 9.06. The van der Waals surface area contributed by atoms with Gasteiger partial charge in [0.15, 0.2) is 11.5 Å². The average Bonchev–Trinajstić information content (AvgIpc) is 3.39. The molecule has 1 aliphatic rings. The molecule has 3 heterocycles. The van der Waals surface area contributed by atoms with Crippen molar-refractivity contribution in [2.24, 2.45) is 0 Å². The first-order valence-electron chi connectivity index (χ1n) is 8.51. The van der Waals surface area contributed by atoms with Crippen molar-refractivity contribution in [3.8, 4) is 11.5 Å². The number of carbonyl (C=O) groups excluding carboxylic acids is 1. The summed E-state index contributed by atoms with van der Waals surface area (Å²) in [6, 6.07) is 11.5. The molecule has 28 heavy (non-hydrogen) atoms. The lowest BCUT2D eigenvalue weighted by molar-refractivity contribution is 0.0687. The highest BCUT2D eigenvalue weighted by atomic mass is 79.9. The summed E-state index contributed by atoms with van der Waals surface area (Å²) in [5.74, 6) is 0.543. The molecule has 1 amide bonds. The molecule has 0 N–H and O–H groups in total. The molecule has 0 radical (unpaired) electrons. The molecule has 1 fully saturated rings. The van der Waals surface area contributed by atoms with Gasteiger partial charge in [0.1, 0.15) is 0 Å². The van der Waals surface area contributed by atoms with E-state index in [0.29, 0.717) is 16.0 Å². The summed E-state index contributed by atoms with van der Waals surface area (Å²) >= 11 is 3.29. The molecule has 0 unspecified atom stereocenters. The Morgan fingerprint density at radius 3 is 2.50 bits per heavy atom. The van der Waals surface area contributed by atoms with Crippen molar-refractivity contribution >= 4 is 31.9 Å². The Bertz CT molecular complexity index is 1090. The van der Waals surface area contributed by atoms with Gasteiger partial charge in [0.25, 0.3) is 5.91 Å². The third kappa shape index (κ3) is 3.62. The van der Waals surface area contributed by atoms with Gasteiger partial charge in [0.2, 0.25) is 15.8 Å². The lowest BCUT2D eigenvalue weighted by atomic mass is 10.2. The number of amides is 1. The second-order valence-electron chi connectivity index (χ2n) is 6.21. The molecule has 2 aromatic heterocycles. The number of halogens is 1. The van der Waals surface area contributed by atoms with Gasteiger partial charge in [-0.1, -0.05) is 27.2 Å². The summed E-state index contributed by atoms with van der Waals surface area (Å²) in [7, 11) is -3.60. The smallest absolute Gasteiger partial charge is 0.276 e. The highest BCUT2D eigenvalue weighted by Gasteiger charge is 2.31. The number of carbonyl (C=O) groups is 1. The van der Waals surface area contributed by atoms with E-state index in [4.69, 9.17) is 8.94 Å². The van der Waals surface area contributed by atoms with Gasteiger partial charge in [-0.25, -0.2) is 8.42 Å². The number of aromatic nitrogens is 1. The zero-order chi connectivity index (χ0) is 19.7. The van der Waals surface area contributed by atoms with Crippen LogP contribution >= 0.6 is 15.9 Å². The lowest BCUT2D eigenvalue weighted by Crippen LogP contribution is -2.50. The van der Waals surface area contributed by atoms with Gasteiger partial charge in [-0.15, -0.1) is 0 Å². The summed E-state index contributed by atoms with van der Waals surface area (Å²) < 4.78 is 38.0. The molecule has 0 spiro atoms. The van der Waals surface area contributed by atoms with Crippen molar-refractivity contribution in [3.05, 3.63) is 58.9 Å². The van der Waals surface area contributed by atoms with Crippen molar-refractivity contribution in [2.75, 3.05) is 26.2 Å². The van der Waals surface area contributed by atoms with E-state index in [-0.39, 0.29) is 42.7 Å². The van der Waals surface area contributed by atoms with Crippen molar-refractivity contribution < 1.29 is 22.2 Å². The van der Waals surface area contributed by atoms with Crippen LogP contribution in [-0.2, 0) is 10.0 Å². The Hall–Kier alpha value is -2.43. The minimum absolute atomic E-state index is 0.162. The van der Waals surface area contributed by atoms with Crippen LogP contribution in [0, 0.1) is 0 Å². The number of rotatable bonds is 4. The topological polar surface area (TPSA) is 96.9 Å². The molecule has 146 valence electrons. The largest absolute Gasteiger partial charge is 0.461 e. The predicted molar refractivity (Wildman–Crippen MR) is 103 cm³/mol. The Morgan fingerprint density at radius 1 is 1.04 bits per heavy atom. The Balaban J connectivity index is 1.43. The van der Waals surface area contributed by atoms with Gasteiger partial charge < -0.3 is 13.8 Å². The third-order valence-electron chi connectivity index (χ3n) is 4.45. The highest BCUT2D eigenvalue weighted by molar-refractivity contribution is 9.10. The van der Waals surface area contributed by atoms with Gasteiger partial charge in [-0.2, -0.15) is 4.31 Å². The van der Waals surface area contributed by atoms with E-state index >= 15 is 0 Å². The molecular formula is C18H16BrN3O5S. The number of hydrogen-bond donors (Lipinski definition) is 0. The SMILES string of the molecule is O=C(c1cc(-c2ccco2)on1)N1CCN(S(=O)(=O)c2cccc(Br)c2)CC1. The highest BCUT2D eigenvalue weighted by Crippen LogP contribution is 2.23. The fraction of sp³-hybridized carbons (Fsp3) is 0.222. The number of furan rings is 1. The molecule has 1 saturated heterocycles. The van der Waals surface area contributed by atoms with Crippen LogP contribution in [0.2, 0.25) is 0 Å². The molecule has 4 rings (SSSR count). The van der Waals surface area contributed by atoms with E-state index in [1.807, 2.05) is 0 Å². The molecule has 8 nitrogen and oxygen atoms in total. The number of piperazine rings is 1. The zero-order valence-electron chi connectivity index (χ0n) is 14.6. The van der Waals surface area contributed by atoms with Gasteiger partial charge in [0, 0.05) is 36.7 Å². The summed E-state index contributed by atoms with van der Waals surface area (Å²) in [6.45, 7) is 0.969. The van der Waals surface area contributed by atoms with Crippen molar-refractivity contribution in [2.45, 2.75) is 4.90 Å². The van der Waals surface area contributed by atoms with Crippen molar-refractivity contribution in [1.82, 2.24) is 14.4 Å². The van der Waals surface area contributed by atoms with E-state index in [1.165, 1.54) is 16.6 Å². The first-order chi connectivity index (χ1) is 13.4. The predicted octanol–water partition coefficient (Wildman–Crippen LogP) is 2.84. The summed E-state index contributed by atoms with van der Waals surface area (Å²) in [5, 5.41) is 3.81. The van der Waals surface area contributed by atoms with Crippen LogP contribution < -0.4 is 0 Å². The fourth-order valence-corrected chi connectivity index (χ4v) is 5.00. The fourth-order valence-electron chi connectivity index (χ4n) is 2.98. The first-order valence-corrected chi connectivity index (χ1v) is 10.7. The molecule has 0 atom stereocenters. The van der Waals surface area contributed by atoms with Crippen molar-refractivity contribution in [1.29, 1.82) is 0 Å². The number of nitrogens with zero attached hydrogens (tertiary/aromatic N) is 3. The summed E-state index contributed by atoms with van der Waals surface area (Å²) in [6.07, 6.45) is 1.50. The van der Waals surface area contributed by atoms with Gasteiger partial charge >= 0.3 is 0 Å². The first kappa shape index (κ1) is 18.9. The average molecular weight is 466 g/mol. The molecule has 3 aromatic rings.